The minimum Gasteiger partial charge on any atom is -0.314 e. The van der Waals surface area contributed by atoms with E-state index < -0.39 is 0 Å². The van der Waals surface area contributed by atoms with Crippen LogP contribution in [0.1, 0.15) is 48.5 Å². The van der Waals surface area contributed by atoms with E-state index in [2.05, 4.69) is 12.2 Å². The molecule has 2 unspecified atom stereocenters. The number of piperidine rings is 1. The molecule has 1 N–H and O–H groups in total. The maximum Gasteiger partial charge on any atom is 0.164 e. The van der Waals surface area contributed by atoms with Crippen LogP contribution in [0.5, 0.6) is 0 Å². The van der Waals surface area contributed by atoms with Gasteiger partial charge in [-0.1, -0.05) is 43.2 Å². The second kappa shape index (κ2) is 6.14. The highest BCUT2D eigenvalue weighted by Gasteiger charge is 2.22. The predicted molar refractivity (Wildman–Crippen MR) is 74.9 cm³/mol. The fourth-order valence-electron chi connectivity index (χ4n) is 2.70. The zero-order valence-corrected chi connectivity index (χ0v) is 11.4. The van der Waals surface area contributed by atoms with Crippen LogP contribution in [0.4, 0.5) is 0 Å². The first-order chi connectivity index (χ1) is 8.69. The Bertz CT molecular complexity index is 396. The number of hydrogen-bond acceptors (Lipinski definition) is 2. The van der Waals surface area contributed by atoms with Crippen molar-refractivity contribution in [2.75, 3.05) is 6.54 Å². The Hall–Kier alpha value is -1.15. The largest absolute Gasteiger partial charge is 0.314 e. The van der Waals surface area contributed by atoms with Gasteiger partial charge in [0, 0.05) is 18.0 Å². The quantitative estimate of drug-likeness (QED) is 0.824. The summed E-state index contributed by atoms with van der Waals surface area (Å²) in [6, 6.07) is 8.28. The predicted octanol–water partition coefficient (Wildman–Crippen LogP) is 3.35. The molecule has 0 aliphatic carbocycles. The molecular formula is C16H23NO. The van der Waals surface area contributed by atoms with Crippen LogP contribution in [0.25, 0.3) is 0 Å². The van der Waals surface area contributed by atoms with Crippen molar-refractivity contribution >= 4 is 5.78 Å². The maximum atomic E-state index is 12.2. The van der Waals surface area contributed by atoms with Crippen LogP contribution in [0, 0.1) is 12.8 Å². The van der Waals surface area contributed by atoms with E-state index in [4.69, 9.17) is 0 Å². The first-order valence-corrected chi connectivity index (χ1v) is 7.02. The van der Waals surface area contributed by atoms with E-state index in [0.717, 1.165) is 24.4 Å². The first-order valence-electron chi connectivity index (χ1n) is 7.02. The SMILES string of the molecule is CCC1CCNC(CC(=O)c2ccc(C)cc2)C1. The van der Waals surface area contributed by atoms with Crippen molar-refractivity contribution in [2.24, 2.45) is 5.92 Å². The molecule has 1 heterocycles. The smallest absolute Gasteiger partial charge is 0.164 e. The molecule has 98 valence electrons. The van der Waals surface area contributed by atoms with Gasteiger partial charge in [0.05, 0.1) is 0 Å². The van der Waals surface area contributed by atoms with Crippen LogP contribution < -0.4 is 5.32 Å². The van der Waals surface area contributed by atoms with E-state index in [9.17, 15) is 4.79 Å². The summed E-state index contributed by atoms with van der Waals surface area (Å²) in [4.78, 5) is 12.2. The molecule has 0 bridgehead atoms. The Labute approximate surface area is 110 Å². The topological polar surface area (TPSA) is 29.1 Å². The van der Waals surface area contributed by atoms with Crippen LogP contribution in [0.15, 0.2) is 24.3 Å². The van der Waals surface area contributed by atoms with Crippen molar-refractivity contribution in [3.8, 4) is 0 Å². The summed E-state index contributed by atoms with van der Waals surface area (Å²) in [6.07, 6.45) is 4.27. The molecule has 0 saturated carbocycles. The number of Topliss-reactive ketones (excluding diaryl/α,β-unsaturated/α-hetero) is 1. The standard InChI is InChI=1S/C16H23NO/c1-3-13-8-9-17-15(10-13)11-16(18)14-6-4-12(2)5-7-14/h4-7,13,15,17H,3,8-11H2,1-2H3. The van der Waals surface area contributed by atoms with Gasteiger partial charge in [-0.15, -0.1) is 0 Å². The van der Waals surface area contributed by atoms with Gasteiger partial charge in [-0.05, 0) is 32.2 Å². The molecule has 2 atom stereocenters. The van der Waals surface area contributed by atoms with Gasteiger partial charge >= 0.3 is 0 Å². The molecule has 1 aromatic carbocycles. The van der Waals surface area contributed by atoms with Crippen molar-refractivity contribution in [3.05, 3.63) is 35.4 Å². The summed E-state index contributed by atoms with van der Waals surface area (Å²) in [6.45, 7) is 5.35. The molecule has 0 amide bonds. The van der Waals surface area contributed by atoms with Crippen molar-refractivity contribution < 1.29 is 4.79 Å². The Kier molecular flexibility index (Phi) is 4.54. The molecule has 0 aromatic heterocycles. The number of rotatable bonds is 4. The van der Waals surface area contributed by atoms with Gasteiger partial charge in [0.2, 0.25) is 0 Å². The van der Waals surface area contributed by atoms with E-state index in [1.165, 1.54) is 18.4 Å². The van der Waals surface area contributed by atoms with Crippen molar-refractivity contribution in [3.63, 3.8) is 0 Å². The minimum atomic E-state index is 0.268. The average Bonchev–Trinajstić information content (AvgIpc) is 2.39. The fraction of sp³-hybridized carbons (Fsp3) is 0.562. The number of carbonyl (C=O) groups is 1. The van der Waals surface area contributed by atoms with Gasteiger partial charge in [-0.25, -0.2) is 0 Å². The number of ketones is 1. The molecule has 18 heavy (non-hydrogen) atoms. The van der Waals surface area contributed by atoms with Gasteiger partial charge in [-0.2, -0.15) is 0 Å². The monoisotopic (exact) mass is 245 g/mol. The highest BCUT2D eigenvalue weighted by atomic mass is 16.1. The minimum absolute atomic E-state index is 0.268. The van der Waals surface area contributed by atoms with Crippen molar-refractivity contribution in [1.29, 1.82) is 0 Å². The zero-order chi connectivity index (χ0) is 13.0. The molecule has 1 aliphatic heterocycles. The number of benzene rings is 1. The fourth-order valence-corrected chi connectivity index (χ4v) is 2.70. The van der Waals surface area contributed by atoms with E-state index in [1.54, 1.807) is 0 Å². The Morgan fingerprint density at radius 2 is 2.06 bits per heavy atom. The molecule has 1 saturated heterocycles. The van der Waals surface area contributed by atoms with E-state index in [0.29, 0.717) is 12.5 Å². The lowest BCUT2D eigenvalue weighted by Crippen LogP contribution is -2.39. The molecule has 1 aromatic rings. The van der Waals surface area contributed by atoms with Crippen LogP contribution in [0.2, 0.25) is 0 Å². The maximum absolute atomic E-state index is 12.2. The van der Waals surface area contributed by atoms with Crippen molar-refractivity contribution in [2.45, 2.75) is 45.6 Å². The van der Waals surface area contributed by atoms with Crippen LogP contribution >= 0.6 is 0 Å². The molecule has 2 nitrogen and oxygen atoms in total. The van der Waals surface area contributed by atoms with Crippen molar-refractivity contribution in [1.82, 2.24) is 5.32 Å². The molecule has 1 fully saturated rings. The molecule has 1 aliphatic rings. The van der Waals surface area contributed by atoms with Gasteiger partial charge in [0.15, 0.2) is 5.78 Å². The number of carbonyl (C=O) groups excluding carboxylic acids is 1. The summed E-state index contributed by atoms with van der Waals surface area (Å²) in [5.74, 6) is 1.06. The van der Waals surface area contributed by atoms with Crippen LogP contribution in [-0.2, 0) is 0 Å². The summed E-state index contributed by atoms with van der Waals surface area (Å²) in [5.41, 5.74) is 2.05. The molecule has 0 radical (unpaired) electrons. The number of nitrogens with one attached hydrogen (secondary N) is 1. The average molecular weight is 245 g/mol. The van der Waals surface area contributed by atoms with E-state index >= 15 is 0 Å². The summed E-state index contributed by atoms with van der Waals surface area (Å²) in [5, 5.41) is 3.47. The molecule has 2 rings (SSSR count). The molecule has 0 spiro atoms. The Morgan fingerprint density at radius 1 is 1.33 bits per heavy atom. The van der Waals surface area contributed by atoms with E-state index in [1.807, 2.05) is 31.2 Å². The second-order valence-electron chi connectivity index (χ2n) is 5.44. The summed E-state index contributed by atoms with van der Waals surface area (Å²) in [7, 11) is 0. The second-order valence-corrected chi connectivity index (χ2v) is 5.44. The summed E-state index contributed by atoms with van der Waals surface area (Å²) < 4.78 is 0. The molecule has 2 heteroatoms. The molecular weight excluding hydrogens is 222 g/mol. The Balaban J connectivity index is 1.92. The van der Waals surface area contributed by atoms with Gasteiger partial charge in [0.25, 0.3) is 0 Å². The number of aryl methyl sites for hydroxylation is 1. The van der Waals surface area contributed by atoms with E-state index in [-0.39, 0.29) is 5.78 Å². The third-order valence-corrected chi connectivity index (χ3v) is 3.99. The third kappa shape index (κ3) is 3.42. The van der Waals surface area contributed by atoms with Gasteiger partial charge in [-0.3, -0.25) is 4.79 Å². The van der Waals surface area contributed by atoms with Gasteiger partial charge < -0.3 is 5.32 Å². The highest BCUT2D eigenvalue weighted by Crippen LogP contribution is 2.22. The number of hydrogen-bond donors (Lipinski definition) is 1. The Morgan fingerprint density at radius 3 is 2.72 bits per heavy atom. The normalized spacial score (nSPS) is 23.9. The lowest BCUT2D eigenvalue weighted by atomic mass is 9.87. The highest BCUT2D eigenvalue weighted by molar-refractivity contribution is 5.96. The zero-order valence-electron chi connectivity index (χ0n) is 11.4. The summed E-state index contributed by atoms with van der Waals surface area (Å²) >= 11 is 0. The lowest BCUT2D eigenvalue weighted by Gasteiger charge is -2.29. The van der Waals surface area contributed by atoms with Crippen LogP contribution in [-0.4, -0.2) is 18.4 Å². The lowest BCUT2D eigenvalue weighted by molar-refractivity contribution is 0.0957. The third-order valence-electron chi connectivity index (χ3n) is 3.99. The first kappa shape index (κ1) is 13.3. The van der Waals surface area contributed by atoms with Crippen LogP contribution in [0.3, 0.4) is 0 Å². The van der Waals surface area contributed by atoms with Gasteiger partial charge in [0.1, 0.15) is 0 Å².